The summed E-state index contributed by atoms with van der Waals surface area (Å²) in [5.41, 5.74) is 3.76. The molecule has 41 heavy (non-hydrogen) atoms. The molecule has 0 radical (unpaired) electrons. The topological polar surface area (TPSA) is 75.8 Å². The second-order valence-electron chi connectivity index (χ2n) is 10.6. The van der Waals surface area contributed by atoms with Crippen LogP contribution in [0.25, 0.3) is 63.7 Å². The third-order valence-electron chi connectivity index (χ3n) is 7.99. The van der Waals surface area contributed by atoms with E-state index in [2.05, 4.69) is 77.2 Å². The molecule has 1 aliphatic heterocycles. The summed E-state index contributed by atoms with van der Waals surface area (Å²) < 4.78 is 4.54. The van der Waals surface area contributed by atoms with E-state index in [1.165, 1.54) is 69.3 Å². The highest BCUT2D eigenvalue weighted by molar-refractivity contribution is 8.05. The molecule has 0 N–H and O–H groups in total. The molecule has 5 heterocycles. The van der Waals surface area contributed by atoms with Crippen LogP contribution in [0.15, 0.2) is 88.4 Å². The Hall–Kier alpha value is -4.58. The number of nitrogens with zero attached hydrogens (tertiary/aromatic N) is 4. The molecule has 7 heteroatoms. The first kappa shape index (κ1) is 24.2. The predicted molar refractivity (Wildman–Crippen MR) is 173 cm³/mol. The molecule has 0 amide bonds. The van der Waals surface area contributed by atoms with Crippen LogP contribution in [0.5, 0.6) is 0 Å². The van der Waals surface area contributed by atoms with Crippen molar-refractivity contribution in [2.24, 2.45) is 0 Å². The number of thioether (sulfide) groups is 1. The number of para-hydroxylation sites is 1. The number of hydrogen-bond acceptors (Lipinski definition) is 6. The third-order valence-corrected chi connectivity index (χ3v) is 11.7. The lowest BCUT2D eigenvalue weighted by atomic mass is 9.95. The Balaban J connectivity index is 1.38. The largest absolute Gasteiger partial charge is 0.299 e. The Bertz CT molecular complexity index is 2490. The number of pyridine rings is 1. The molecule has 4 aromatic heterocycles. The van der Waals surface area contributed by atoms with Crippen molar-refractivity contribution in [2.75, 3.05) is 0 Å². The van der Waals surface area contributed by atoms with Crippen LogP contribution in [0.3, 0.4) is 0 Å². The van der Waals surface area contributed by atoms with Gasteiger partial charge >= 0.3 is 0 Å². The SMILES string of the molecule is CC1(C)SC(=C(C#N)C#N)C(C#N)=C1/C=C/c1cc2sc3c(c4cccc5ccc6c7ccccc7n3c6c54)c2s1. The summed E-state index contributed by atoms with van der Waals surface area (Å²) in [7, 11) is 0. The minimum absolute atomic E-state index is 0.00705. The Morgan fingerprint density at radius 1 is 0.854 bits per heavy atom. The van der Waals surface area contributed by atoms with E-state index in [0.717, 1.165) is 10.5 Å². The number of aromatic nitrogens is 1. The summed E-state index contributed by atoms with van der Waals surface area (Å²) in [5.74, 6) is 0. The van der Waals surface area contributed by atoms with Crippen molar-refractivity contribution in [3.05, 3.63) is 93.2 Å². The maximum absolute atomic E-state index is 9.96. The van der Waals surface area contributed by atoms with E-state index < -0.39 is 4.75 Å². The van der Waals surface area contributed by atoms with Crippen molar-refractivity contribution in [3.63, 3.8) is 0 Å². The fraction of sp³-hybridized carbons (Fsp3) is 0.0882. The highest BCUT2D eigenvalue weighted by atomic mass is 32.2. The fourth-order valence-electron chi connectivity index (χ4n) is 6.27. The highest BCUT2D eigenvalue weighted by Gasteiger charge is 2.37. The van der Waals surface area contributed by atoms with Crippen LogP contribution >= 0.6 is 34.4 Å². The summed E-state index contributed by atoms with van der Waals surface area (Å²) in [4.78, 5) is 2.84. The molecular weight excluding hydrogens is 561 g/mol. The Morgan fingerprint density at radius 3 is 2.46 bits per heavy atom. The van der Waals surface area contributed by atoms with Crippen molar-refractivity contribution >= 4 is 98.1 Å². The van der Waals surface area contributed by atoms with Gasteiger partial charge in [0.2, 0.25) is 0 Å². The van der Waals surface area contributed by atoms with Crippen LogP contribution in [-0.2, 0) is 0 Å². The van der Waals surface area contributed by atoms with Crippen molar-refractivity contribution in [3.8, 4) is 18.2 Å². The van der Waals surface area contributed by atoms with Gasteiger partial charge in [0.15, 0.2) is 0 Å². The first-order valence-corrected chi connectivity index (χ1v) is 15.5. The minimum Gasteiger partial charge on any atom is -0.299 e. The molecule has 4 nitrogen and oxygen atoms in total. The number of fused-ring (bicyclic) bond motifs is 8. The molecule has 8 rings (SSSR count). The van der Waals surface area contributed by atoms with E-state index in [9.17, 15) is 15.8 Å². The fourth-order valence-corrected chi connectivity index (χ4v) is 10.1. The molecule has 1 aliphatic rings. The Labute approximate surface area is 247 Å². The number of allylic oxidation sites excluding steroid dienone is 3. The lowest BCUT2D eigenvalue weighted by Crippen LogP contribution is -2.12. The van der Waals surface area contributed by atoms with Crippen LogP contribution in [0, 0.1) is 34.0 Å². The van der Waals surface area contributed by atoms with E-state index >= 15 is 0 Å². The van der Waals surface area contributed by atoms with Gasteiger partial charge in [0.1, 0.15) is 28.6 Å². The van der Waals surface area contributed by atoms with Crippen LogP contribution in [-0.4, -0.2) is 9.15 Å². The quantitative estimate of drug-likeness (QED) is 0.191. The monoisotopic (exact) mass is 578 g/mol. The number of rotatable bonds is 2. The van der Waals surface area contributed by atoms with Gasteiger partial charge in [0.05, 0.1) is 26.2 Å². The van der Waals surface area contributed by atoms with Crippen molar-refractivity contribution in [1.29, 1.82) is 15.8 Å². The van der Waals surface area contributed by atoms with Gasteiger partial charge < -0.3 is 0 Å². The maximum atomic E-state index is 9.96. The molecule has 0 aliphatic carbocycles. The molecule has 7 aromatic rings. The summed E-state index contributed by atoms with van der Waals surface area (Å²) in [5, 5.41) is 36.5. The van der Waals surface area contributed by atoms with Gasteiger partial charge in [-0.2, -0.15) is 15.8 Å². The third kappa shape index (κ3) is 3.19. The van der Waals surface area contributed by atoms with E-state index in [0.29, 0.717) is 10.5 Å². The zero-order valence-corrected chi connectivity index (χ0v) is 24.4. The maximum Gasteiger partial charge on any atom is 0.144 e. The molecule has 0 fully saturated rings. The van der Waals surface area contributed by atoms with Crippen molar-refractivity contribution in [1.82, 2.24) is 4.40 Å². The molecule has 0 bridgehead atoms. The van der Waals surface area contributed by atoms with E-state index in [4.69, 9.17) is 0 Å². The molecular formula is C34H18N4S3. The van der Waals surface area contributed by atoms with Crippen molar-refractivity contribution < 1.29 is 0 Å². The molecule has 0 atom stereocenters. The smallest absolute Gasteiger partial charge is 0.144 e. The van der Waals surface area contributed by atoms with Crippen LogP contribution in [0.4, 0.5) is 0 Å². The summed E-state index contributed by atoms with van der Waals surface area (Å²) >= 11 is 5.00. The van der Waals surface area contributed by atoms with Crippen LogP contribution < -0.4 is 0 Å². The summed E-state index contributed by atoms with van der Waals surface area (Å²) in [6.45, 7) is 4.05. The molecule has 0 unspecified atom stereocenters. The zero-order chi connectivity index (χ0) is 28.0. The number of hydrogen-bond donors (Lipinski definition) is 0. The molecule has 0 saturated heterocycles. The lowest BCUT2D eigenvalue weighted by Gasteiger charge is -2.18. The first-order chi connectivity index (χ1) is 19.9. The highest BCUT2D eigenvalue weighted by Crippen LogP contribution is 2.52. The number of benzene rings is 3. The van der Waals surface area contributed by atoms with Crippen LogP contribution in [0.1, 0.15) is 18.7 Å². The van der Waals surface area contributed by atoms with Gasteiger partial charge in [0, 0.05) is 35.9 Å². The first-order valence-electron chi connectivity index (χ1n) is 13.0. The van der Waals surface area contributed by atoms with Crippen LogP contribution in [0.2, 0.25) is 0 Å². The molecule has 0 saturated carbocycles. The summed E-state index contributed by atoms with van der Waals surface area (Å²) in [6, 6.07) is 28.2. The zero-order valence-electron chi connectivity index (χ0n) is 21.9. The normalized spacial score (nSPS) is 15.3. The molecule has 192 valence electrons. The van der Waals surface area contributed by atoms with Gasteiger partial charge in [-0.05, 0) is 48.4 Å². The second kappa shape index (κ2) is 8.46. The van der Waals surface area contributed by atoms with Crippen molar-refractivity contribution in [2.45, 2.75) is 18.6 Å². The number of thiophene rings is 2. The van der Waals surface area contributed by atoms with Gasteiger partial charge in [-0.3, -0.25) is 4.40 Å². The Kier molecular flexibility index (Phi) is 5.00. The van der Waals surface area contributed by atoms with Gasteiger partial charge in [-0.25, -0.2) is 0 Å². The molecule has 3 aromatic carbocycles. The van der Waals surface area contributed by atoms with E-state index in [1.807, 2.05) is 43.4 Å². The average Bonchev–Trinajstić information content (AvgIpc) is 3.69. The summed E-state index contributed by atoms with van der Waals surface area (Å²) in [6.07, 6.45) is 4.06. The van der Waals surface area contributed by atoms with Gasteiger partial charge in [-0.1, -0.05) is 54.6 Å². The van der Waals surface area contributed by atoms with E-state index in [-0.39, 0.29) is 5.57 Å². The Morgan fingerprint density at radius 2 is 1.66 bits per heavy atom. The molecule has 0 spiro atoms. The van der Waals surface area contributed by atoms with Gasteiger partial charge in [0.25, 0.3) is 0 Å². The average molecular weight is 579 g/mol. The second-order valence-corrected chi connectivity index (χ2v) is 14.4. The number of nitriles is 3. The minimum atomic E-state index is -0.427. The van der Waals surface area contributed by atoms with Gasteiger partial charge in [-0.15, -0.1) is 34.4 Å². The van der Waals surface area contributed by atoms with E-state index in [1.54, 1.807) is 11.3 Å². The standard InChI is InChI=1S/C34H18N4S3/c1-34(2)25(24(17-37)31(41-34)19(15-35)16-36)13-11-20-14-27-32(39-20)29-23-8-5-6-18-10-12-22-21-7-3-4-9-26(21)38(33(29)40-27)30(22)28(18)23/h3-14H,1-2H3/b13-11+. The lowest BCUT2D eigenvalue weighted by molar-refractivity contribution is 0.867. The predicted octanol–water partition coefficient (Wildman–Crippen LogP) is 9.93.